The molecule has 0 aliphatic carbocycles. The van der Waals surface area contributed by atoms with Crippen molar-refractivity contribution in [2.24, 2.45) is 0 Å². The molecule has 0 spiro atoms. The summed E-state index contributed by atoms with van der Waals surface area (Å²) in [5, 5.41) is 3.77. The number of aromatic nitrogens is 1. The summed E-state index contributed by atoms with van der Waals surface area (Å²) in [7, 11) is 0. The number of furan rings is 1. The van der Waals surface area contributed by atoms with Crippen molar-refractivity contribution in [1.82, 2.24) is 19.7 Å². The van der Waals surface area contributed by atoms with Crippen LogP contribution in [-0.4, -0.2) is 53.0 Å². The fraction of sp³-hybridized carbons (Fsp3) is 0.423. The van der Waals surface area contributed by atoms with E-state index in [2.05, 4.69) is 44.1 Å². The van der Waals surface area contributed by atoms with Crippen molar-refractivity contribution in [3.63, 3.8) is 0 Å². The van der Waals surface area contributed by atoms with Gasteiger partial charge in [0.1, 0.15) is 5.76 Å². The van der Waals surface area contributed by atoms with Gasteiger partial charge < -0.3 is 19.2 Å². The number of fused-ring (bicyclic) bond motifs is 1. The molecule has 7 heteroatoms. The highest BCUT2D eigenvalue weighted by Crippen LogP contribution is 2.36. The fourth-order valence-electron chi connectivity index (χ4n) is 5.04. The number of benzene rings is 1. The van der Waals surface area contributed by atoms with Crippen molar-refractivity contribution >= 4 is 17.5 Å². The van der Waals surface area contributed by atoms with Gasteiger partial charge in [-0.05, 0) is 61.8 Å². The zero-order valence-corrected chi connectivity index (χ0v) is 19.6. The maximum absolute atomic E-state index is 12.6. The molecule has 1 N–H and O–H groups in total. The van der Waals surface area contributed by atoms with Gasteiger partial charge in [0.15, 0.2) is 5.76 Å². The number of carbonyl (C=O) groups is 1. The summed E-state index contributed by atoms with van der Waals surface area (Å²) in [5.74, 6) is 1.01. The highest BCUT2D eigenvalue weighted by atomic mass is 35.5. The summed E-state index contributed by atoms with van der Waals surface area (Å²) < 4.78 is 8.25. The quantitative estimate of drug-likeness (QED) is 0.554. The van der Waals surface area contributed by atoms with Crippen molar-refractivity contribution in [3.05, 3.63) is 82.5 Å². The molecule has 1 atom stereocenters. The van der Waals surface area contributed by atoms with Crippen molar-refractivity contribution in [1.29, 1.82) is 0 Å². The van der Waals surface area contributed by atoms with Crippen LogP contribution < -0.4 is 5.32 Å². The normalized spacial score (nSPS) is 19.4. The third kappa shape index (κ3) is 5.03. The van der Waals surface area contributed by atoms with Gasteiger partial charge in [-0.15, -0.1) is 0 Å². The van der Waals surface area contributed by atoms with E-state index < -0.39 is 0 Å². The van der Waals surface area contributed by atoms with Crippen LogP contribution in [0.15, 0.2) is 59.1 Å². The van der Waals surface area contributed by atoms with Crippen molar-refractivity contribution < 1.29 is 9.21 Å². The Morgan fingerprint density at radius 3 is 2.70 bits per heavy atom. The predicted octanol–water partition coefficient (Wildman–Crippen LogP) is 4.56. The molecule has 174 valence electrons. The Balaban J connectivity index is 1.25. The van der Waals surface area contributed by atoms with Crippen LogP contribution in [0.5, 0.6) is 0 Å². The SMILES string of the molecule is O=C(NCCN1CCCCC1)c1ccc(CN2CCn3cccc3C2c2ccccc2Cl)o1. The number of nitrogens with one attached hydrogen (secondary N) is 1. The van der Waals surface area contributed by atoms with Crippen LogP contribution in [0, 0.1) is 0 Å². The summed E-state index contributed by atoms with van der Waals surface area (Å²) in [5.41, 5.74) is 2.30. The van der Waals surface area contributed by atoms with E-state index in [1.54, 1.807) is 6.07 Å². The number of likely N-dealkylation sites (tertiary alicyclic amines) is 1. The van der Waals surface area contributed by atoms with Gasteiger partial charge in [-0.3, -0.25) is 9.69 Å². The molecule has 0 bridgehead atoms. The second-order valence-corrected chi connectivity index (χ2v) is 9.35. The van der Waals surface area contributed by atoms with E-state index in [1.165, 1.54) is 25.0 Å². The molecule has 1 aromatic carbocycles. The zero-order chi connectivity index (χ0) is 22.6. The number of nitrogens with zero attached hydrogens (tertiary/aromatic N) is 3. The molecule has 2 aliphatic rings. The van der Waals surface area contributed by atoms with Crippen molar-refractivity contribution in [2.45, 2.75) is 38.4 Å². The first-order chi connectivity index (χ1) is 16.2. The number of piperidine rings is 1. The number of hydrogen-bond acceptors (Lipinski definition) is 4. The molecule has 0 saturated carbocycles. The molecule has 1 unspecified atom stereocenters. The lowest BCUT2D eigenvalue weighted by atomic mass is 9.99. The van der Waals surface area contributed by atoms with Crippen LogP contribution in [0.2, 0.25) is 5.02 Å². The third-order valence-electron chi connectivity index (χ3n) is 6.74. The standard InChI is InChI=1S/C26H31ClN4O2/c27-22-8-3-2-7-21(22)25-23-9-6-15-30(23)17-18-31(25)19-20-10-11-24(33-20)26(32)28-12-16-29-13-4-1-5-14-29/h2-3,6-11,15,25H,1,4-5,12-14,16-19H2,(H,28,32). The minimum absolute atomic E-state index is 0.0365. The van der Waals surface area contributed by atoms with Gasteiger partial charge >= 0.3 is 0 Å². The van der Waals surface area contributed by atoms with Gasteiger partial charge in [0.2, 0.25) is 0 Å². The highest BCUT2D eigenvalue weighted by Gasteiger charge is 2.31. The Bertz CT molecular complexity index is 1090. The molecule has 6 nitrogen and oxygen atoms in total. The van der Waals surface area contributed by atoms with Gasteiger partial charge in [-0.25, -0.2) is 0 Å². The van der Waals surface area contributed by atoms with Gasteiger partial charge in [-0.1, -0.05) is 36.2 Å². The number of hydrogen-bond donors (Lipinski definition) is 1. The van der Waals surface area contributed by atoms with Gasteiger partial charge in [0.05, 0.1) is 12.6 Å². The molecule has 3 aromatic rings. The van der Waals surface area contributed by atoms with E-state index >= 15 is 0 Å². The molecule has 4 heterocycles. The van der Waals surface area contributed by atoms with Crippen molar-refractivity contribution in [2.75, 3.05) is 32.7 Å². The van der Waals surface area contributed by atoms with Gasteiger partial charge in [0.25, 0.3) is 5.91 Å². The van der Waals surface area contributed by atoms with Gasteiger partial charge in [-0.2, -0.15) is 0 Å². The summed E-state index contributed by atoms with van der Waals surface area (Å²) >= 11 is 6.59. The van der Waals surface area contributed by atoms with Crippen LogP contribution in [0.3, 0.4) is 0 Å². The summed E-state index contributed by atoms with van der Waals surface area (Å²) in [4.78, 5) is 17.4. The summed E-state index contributed by atoms with van der Waals surface area (Å²) in [6.07, 6.45) is 5.95. The lowest BCUT2D eigenvalue weighted by Gasteiger charge is -2.37. The Morgan fingerprint density at radius 1 is 1.00 bits per heavy atom. The van der Waals surface area contributed by atoms with Crippen LogP contribution in [0.25, 0.3) is 0 Å². The Morgan fingerprint density at radius 2 is 1.85 bits per heavy atom. The average molecular weight is 467 g/mol. The maximum Gasteiger partial charge on any atom is 0.287 e. The first-order valence-corrected chi connectivity index (χ1v) is 12.3. The zero-order valence-electron chi connectivity index (χ0n) is 18.9. The maximum atomic E-state index is 12.6. The molecule has 1 fully saturated rings. The van der Waals surface area contributed by atoms with E-state index in [0.29, 0.717) is 18.8 Å². The lowest BCUT2D eigenvalue weighted by molar-refractivity contribution is 0.0912. The molecule has 1 saturated heterocycles. The van der Waals surface area contributed by atoms with E-state index in [-0.39, 0.29) is 11.9 Å². The van der Waals surface area contributed by atoms with E-state index in [9.17, 15) is 4.79 Å². The monoisotopic (exact) mass is 466 g/mol. The topological polar surface area (TPSA) is 53.7 Å². The third-order valence-corrected chi connectivity index (χ3v) is 7.09. The summed E-state index contributed by atoms with van der Waals surface area (Å²) in [6, 6.07) is 16.0. The smallest absolute Gasteiger partial charge is 0.287 e. The molecular weight excluding hydrogens is 436 g/mol. The van der Waals surface area contributed by atoms with E-state index in [4.69, 9.17) is 16.0 Å². The number of carbonyl (C=O) groups excluding carboxylic acids is 1. The summed E-state index contributed by atoms with van der Waals surface area (Å²) in [6.45, 7) is 6.20. The molecular formula is C26H31ClN4O2. The highest BCUT2D eigenvalue weighted by molar-refractivity contribution is 6.31. The van der Waals surface area contributed by atoms with Crippen LogP contribution in [0.4, 0.5) is 0 Å². The second kappa shape index (κ2) is 10.2. The largest absolute Gasteiger partial charge is 0.455 e. The molecule has 0 radical (unpaired) electrons. The average Bonchev–Trinajstić information content (AvgIpc) is 3.50. The van der Waals surface area contributed by atoms with Crippen LogP contribution >= 0.6 is 11.6 Å². The Kier molecular flexibility index (Phi) is 6.85. The molecule has 2 aromatic heterocycles. The number of rotatable bonds is 7. The molecule has 1 amide bonds. The first-order valence-electron chi connectivity index (χ1n) is 11.9. The first kappa shape index (κ1) is 22.3. The minimum Gasteiger partial charge on any atom is -0.455 e. The van der Waals surface area contributed by atoms with E-state index in [0.717, 1.165) is 49.1 Å². The molecule has 33 heavy (non-hydrogen) atoms. The minimum atomic E-state index is -0.145. The Labute approximate surface area is 200 Å². The lowest BCUT2D eigenvalue weighted by Crippen LogP contribution is -2.38. The number of amides is 1. The Hall–Kier alpha value is -2.54. The second-order valence-electron chi connectivity index (χ2n) is 8.95. The van der Waals surface area contributed by atoms with E-state index in [1.807, 2.05) is 24.3 Å². The fourth-order valence-corrected chi connectivity index (χ4v) is 5.28. The van der Waals surface area contributed by atoms with Gasteiger partial charge in [0, 0.05) is 43.1 Å². The van der Waals surface area contributed by atoms with Crippen molar-refractivity contribution in [3.8, 4) is 0 Å². The molecule has 5 rings (SSSR count). The van der Waals surface area contributed by atoms with Crippen LogP contribution in [0.1, 0.15) is 52.9 Å². The predicted molar refractivity (Wildman–Crippen MR) is 129 cm³/mol. The number of halogens is 1. The molecule has 2 aliphatic heterocycles. The van der Waals surface area contributed by atoms with Crippen LogP contribution in [-0.2, 0) is 13.1 Å².